The third kappa shape index (κ3) is 3.40. The van der Waals surface area contributed by atoms with Crippen LogP contribution < -0.4 is 5.32 Å². The summed E-state index contributed by atoms with van der Waals surface area (Å²) in [6.07, 6.45) is 8.70. The van der Waals surface area contributed by atoms with Crippen molar-refractivity contribution in [3.63, 3.8) is 0 Å². The molecule has 0 bridgehead atoms. The Balaban J connectivity index is 1.68. The molecule has 1 atom stereocenters. The van der Waals surface area contributed by atoms with Crippen LogP contribution in [-0.2, 0) is 11.3 Å². The van der Waals surface area contributed by atoms with E-state index >= 15 is 0 Å². The van der Waals surface area contributed by atoms with E-state index in [0.717, 1.165) is 30.6 Å². The number of hydrogen-bond acceptors (Lipinski definition) is 2. The maximum Gasteiger partial charge on any atom is 0.228 e. The fraction of sp³-hybridized carbons (Fsp3) is 0.294. The van der Waals surface area contributed by atoms with Gasteiger partial charge in [0.1, 0.15) is 5.82 Å². The van der Waals surface area contributed by atoms with Gasteiger partial charge in [-0.1, -0.05) is 42.5 Å². The van der Waals surface area contributed by atoms with Crippen LogP contribution in [0, 0.1) is 5.92 Å². The van der Waals surface area contributed by atoms with Crippen molar-refractivity contribution in [2.24, 2.45) is 5.92 Å². The second-order valence-electron chi connectivity index (χ2n) is 5.33. The molecule has 1 aromatic carbocycles. The van der Waals surface area contributed by atoms with Crippen molar-refractivity contribution in [1.82, 2.24) is 9.78 Å². The van der Waals surface area contributed by atoms with Gasteiger partial charge in [0.15, 0.2) is 0 Å². The SMILES string of the molecule is O=C(Nc1ccnn1Cc1ccccc1)[C@H]1CC=CCC1. The molecule has 1 aromatic heterocycles. The van der Waals surface area contributed by atoms with E-state index in [2.05, 4.69) is 34.7 Å². The molecule has 0 aliphatic heterocycles. The first kappa shape index (κ1) is 13.6. The van der Waals surface area contributed by atoms with Crippen molar-refractivity contribution in [2.45, 2.75) is 25.8 Å². The number of hydrogen-bond donors (Lipinski definition) is 1. The summed E-state index contributed by atoms with van der Waals surface area (Å²) in [5.41, 5.74) is 1.16. The van der Waals surface area contributed by atoms with E-state index in [-0.39, 0.29) is 11.8 Å². The number of anilines is 1. The summed E-state index contributed by atoms with van der Waals surface area (Å²) in [4.78, 5) is 12.3. The fourth-order valence-electron chi connectivity index (χ4n) is 2.58. The first-order valence-electron chi connectivity index (χ1n) is 7.34. The summed E-state index contributed by atoms with van der Waals surface area (Å²) in [5.74, 6) is 0.933. The first-order chi connectivity index (χ1) is 10.3. The molecule has 1 N–H and O–H groups in total. The highest BCUT2D eigenvalue weighted by molar-refractivity contribution is 5.91. The van der Waals surface area contributed by atoms with Crippen LogP contribution in [0.5, 0.6) is 0 Å². The Labute approximate surface area is 124 Å². The van der Waals surface area contributed by atoms with Crippen LogP contribution in [-0.4, -0.2) is 15.7 Å². The molecule has 4 nitrogen and oxygen atoms in total. The van der Waals surface area contributed by atoms with Crippen LogP contribution >= 0.6 is 0 Å². The zero-order valence-corrected chi connectivity index (χ0v) is 11.9. The van der Waals surface area contributed by atoms with Gasteiger partial charge in [0.2, 0.25) is 5.91 Å². The van der Waals surface area contributed by atoms with Crippen LogP contribution in [0.4, 0.5) is 5.82 Å². The van der Waals surface area contributed by atoms with Gasteiger partial charge in [0.05, 0.1) is 12.7 Å². The number of benzene rings is 1. The molecule has 1 aliphatic carbocycles. The van der Waals surface area contributed by atoms with E-state index in [1.165, 1.54) is 0 Å². The van der Waals surface area contributed by atoms with Gasteiger partial charge >= 0.3 is 0 Å². The maximum absolute atomic E-state index is 12.3. The quantitative estimate of drug-likeness (QED) is 0.875. The zero-order chi connectivity index (χ0) is 14.5. The van der Waals surface area contributed by atoms with Crippen molar-refractivity contribution >= 4 is 11.7 Å². The van der Waals surface area contributed by atoms with Gasteiger partial charge in [-0.2, -0.15) is 5.10 Å². The molecule has 21 heavy (non-hydrogen) atoms. The van der Waals surface area contributed by atoms with Gasteiger partial charge in [-0.15, -0.1) is 0 Å². The van der Waals surface area contributed by atoms with Gasteiger partial charge in [-0.05, 0) is 24.8 Å². The van der Waals surface area contributed by atoms with E-state index in [1.807, 2.05) is 28.9 Å². The Morgan fingerprint density at radius 2 is 2.10 bits per heavy atom. The minimum atomic E-state index is 0.0788. The molecular weight excluding hydrogens is 262 g/mol. The van der Waals surface area contributed by atoms with Crippen LogP contribution in [0.3, 0.4) is 0 Å². The highest BCUT2D eigenvalue weighted by Gasteiger charge is 2.19. The summed E-state index contributed by atoms with van der Waals surface area (Å²) in [7, 11) is 0. The smallest absolute Gasteiger partial charge is 0.228 e. The minimum Gasteiger partial charge on any atom is -0.311 e. The van der Waals surface area contributed by atoms with Gasteiger partial charge < -0.3 is 5.32 Å². The lowest BCUT2D eigenvalue weighted by atomic mass is 9.94. The average Bonchev–Trinajstić information content (AvgIpc) is 2.96. The lowest BCUT2D eigenvalue weighted by Gasteiger charge is -2.17. The standard InChI is InChI=1S/C17H19N3O/c21-17(15-9-5-2-6-10-15)19-16-11-12-18-20(16)13-14-7-3-1-4-8-14/h1-5,7-8,11-12,15H,6,9-10,13H2,(H,19,21)/t15-/m0/s1. The predicted octanol–water partition coefficient (Wildman–Crippen LogP) is 3.23. The molecule has 0 spiro atoms. The molecular formula is C17H19N3O. The van der Waals surface area contributed by atoms with Crippen molar-refractivity contribution in [3.05, 3.63) is 60.3 Å². The summed E-state index contributed by atoms with van der Waals surface area (Å²) in [6.45, 7) is 0.661. The summed E-state index contributed by atoms with van der Waals surface area (Å²) < 4.78 is 1.83. The highest BCUT2D eigenvalue weighted by atomic mass is 16.2. The third-order valence-corrected chi connectivity index (χ3v) is 3.78. The largest absolute Gasteiger partial charge is 0.311 e. The predicted molar refractivity (Wildman–Crippen MR) is 82.9 cm³/mol. The van der Waals surface area contributed by atoms with E-state index in [1.54, 1.807) is 6.20 Å². The molecule has 0 radical (unpaired) electrons. The number of carbonyl (C=O) groups is 1. The van der Waals surface area contributed by atoms with E-state index in [0.29, 0.717) is 6.54 Å². The van der Waals surface area contributed by atoms with Gasteiger partial charge in [-0.3, -0.25) is 4.79 Å². The summed E-state index contributed by atoms with van der Waals surface area (Å²) >= 11 is 0. The number of carbonyl (C=O) groups excluding carboxylic acids is 1. The number of allylic oxidation sites excluding steroid dienone is 2. The first-order valence-corrected chi connectivity index (χ1v) is 7.34. The molecule has 108 valence electrons. The van der Waals surface area contributed by atoms with E-state index in [9.17, 15) is 4.79 Å². The van der Waals surface area contributed by atoms with Crippen LogP contribution in [0.1, 0.15) is 24.8 Å². The normalized spacial score (nSPS) is 17.6. The maximum atomic E-state index is 12.3. The molecule has 4 heteroatoms. The second kappa shape index (κ2) is 6.39. The number of amides is 1. The van der Waals surface area contributed by atoms with Gasteiger partial charge in [-0.25, -0.2) is 4.68 Å². The van der Waals surface area contributed by atoms with Crippen molar-refractivity contribution in [2.75, 3.05) is 5.32 Å². The molecule has 3 rings (SSSR count). The Bertz CT molecular complexity index is 630. The second-order valence-corrected chi connectivity index (χ2v) is 5.33. The minimum absolute atomic E-state index is 0.0788. The molecule has 1 heterocycles. The average molecular weight is 281 g/mol. The third-order valence-electron chi connectivity index (χ3n) is 3.78. The number of rotatable bonds is 4. The molecule has 0 unspecified atom stereocenters. The fourth-order valence-corrected chi connectivity index (χ4v) is 2.58. The topological polar surface area (TPSA) is 46.9 Å². The number of nitrogens with one attached hydrogen (secondary N) is 1. The van der Waals surface area contributed by atoms with Gasteiger partial charge in [0, 0.05) is 12.0 Å². The molecule has 1 aliphatic rings. The Morgan fingerprint density at radius 3 is 2.86 bits per heavy atom. The highest BCUT2D eigenvalue weighted by Crippen LogP contribution is 2.20. The summed E-state index contributed by atoms with van der Waals surface area (Å²) in [5, 5.41) is 7.31. The van der Waals surface area contributed by atoms with Crippen LogP contribution in [0.2, 0.25) is 0 Å². The number of aromatic nitrogens is 2. The lowest BCUT2D eigenvalue weighted by molar-refractivity contribution is -0.120. The Morgan fingerprint density at radius 1 is 1.24 bits per heavy atom. The Kier molecular flexibility index (Phi) is 4.15. The number of nitrogens with zero attached hydrogens (tertiary/aromatic N) is 2. The van der Waals surface area contributed by atoms with Crippen LogP contribution in [0.15, 0.2) is 54.7 Å². The molecule has 2 aromatic rings. The van der Waals surface area contributed by atoms with Crippen molar-refractivity contribution < 1.29 is 4.79 Å². The van der Waals surface area contributed by atoms with Crippen molar-refractivity contribution in [3.8, 4) is 0 Å². The van der Waals surface area contributed by atoms with Crippen molar-refractivity contribution in [1.29, 1.82) is 0 Å². The van der Waals surface area contributed by atoms with Crippen LogP contribution in [0.25, 0.3) is 0 Å². The Hall–Kier alpha value is -2.36. The summed E-state index contributed by atoms with van der Waals surface area (Å²) in [6, 6.07) is 12.0. The monoisotopic (exact) mass is 281 g/mol. The van der Waals surface area contributed by atoms with E-state index < -0.39 is 0 Å². The molecule has 0 fully saturated rings. The zero-order valence-electron chi connectivity index (χ0n) is 11.9. The molecule has 0 saturated heterocycles. The van der Waals surface area contributed by atoms with E-state index in [4.69, 9.17) is 0 Å². The molecule has 1 amide bonds. The van der Waals surface area contributed by atoms with Gasteiger partial charge in [0.25, 0.3) is 0 Å². The molecule has 0 saturated carbocycles. The lowest BCUT2D eigenvalue weighted by Crippen LogP contribution is -2.25.